The van der Waals surface area contributed by atoms with Crippen LogP contribution in [0, 0.1) is 0 Å². The van der Waals surface area contributed by atoms with Crippen LogP contribution in [0.2, 0.25) is 0 Å². The summed E-state index contributed by atoms with van der Waals surface area (Å²) >= 11 is 10.8. The van der Waals surface area contributed by atoms with Crippen molar-refractivity contribution in [3.63, 3.8) is 0 Å². The topological polar surface area (TPSA) is 34.1 Å². The van der Waals surface area contributed by atoms with Crippen LogP contribution in [0.25, 0.3) is 0 Å². The van der Waals surface area contributed by atoms with Crippen LogP contribution in [0.4, 0.5) is 0 Å². The molecule has 1 rings (SSSR count). The number of halogens is 2. The smallest absolute Gasteiger partial charge is 0.253 e. The van der Waals surface area contributed by atoms with Crippen LogP contribution in [0.3, 0.4) is 0 Å². The monoisotopic (exact) mass is 258 g/mol. The van der Waals surface area contributed by atoms with Crippen LogP contribution in [0.5, 0.6) is 0 Å². The third-order valence-corrected chi connectivity index (χ3v) is 2.72. The van der Waals surface area contributed by atoms with Gasteiger partial charge >= 0.3 is 0 Å². The Hall–Kier alpha value is -0.860. The Morgan fingerprint density at radius 2 is 1.50 bits per heavy atom. The maximum Gasteiger partial charge on any atom is 0.253 e. The molecule has 0 aliphatic carbocycles. The van der Waals surface area contributed by atoms with Gasteiger partial charge in [-0.3, -0.25) is 9.59 Å². The highest BCUT2D eigenvalue weighted by atomic mass is 35.5. The fourth-order valence-corrected chi connectivity index (χ4v) is 1.67. The van der Waals surface area contributed by atoms with Crippen LogP contribution >= 0.6 is 23.2 Å². The van der Waals surface area contributed by atoms with Gasteiger partial charge in [0.05, 0.1) is 0 Å². The summed E-state index contributed by atoms with van der Waals surface area (Å²) in [7, 11) is 0. The lowest BCUT2D eigenvalue weighted by atomic mass is 9.85. The molecular weight excluding hydrogens is 247 g/mol. The molecular formula is C12H12Cl2O2. The number of hydrogen-bond donors (Lipinski definition) is 0. The quantitative estimate of drug-likeness (QED) is 0.758. The van der Waals surface area contributed by atoms with Crippen LogP contribution < -0.4 is 0 Å². The first-order valence-electron chi connectivity index (χ1n) is 4.77. The molecule has 2 nitrogen and oxygen atoms in total. The van der Waals surface area contributed by atoms with E-state index in [4.69, 9.17) is 23.2 Å². The Kier molecular flexibility index (Phi) is 3.76. The number of rotatable bonds is 2. The van der Waals surface area contributed by atoms with Gasteiger partial charge in [-0.1, -0.05) is 26.8 Å². The zero-order valence-corrected chi connectivity index (χ0v) is 10.8. The number of carbonyl (C=O) groups excluding carboxylic acids is 2. The first-order valence-corrected chi connectivity index (χ1v) is 5.53. The van der Waals surface area contributed by atoms with Gasteiger partial charge in [0.25, 0.3) is 10.5 Å². The molecule has 0 unspecified atom stereocenters. The molecule has 1 aromatic rings. The summed E-state index contributed by atoms with van der Waals surface area (Å²) in [4.78, 5) is 22.3. The summed E-state index contributed by atoms with van der Waals surface area (Å²) < 4.78 is 0. The molecule has 4 heteroatoms. The van der Waals surface area contributed by atoms with Crippen LogP contribution in [0.1, 0.15) is 47.1 Å². The van der Waals surface area contributed by atoms with E-state index in [9.17, 15) is 9.59 Å². The highest BCUT2D eigenvalue weighted by Crippen LogP contribution is 2.26. The Balaban J connectivity index is 3.40. The molecule has 0 spiro atoms. The SMILES string of the molecule is CC(C)(C)c1ccc(C(=O)Cl)c(C(=O)Cl)c1. The first-order chi connectivity index (χ1) is 7.23. The molecule has 0 aliphatic heterocycles. The maximum atomic E-state index is 11.2. The third kappa shape index (κ3) is 2.83. The lowest BCUT2D eigenvalue weighted by Gasteiger charge is -2.20. The van der Waals surface area contributed by atoms with Crippen molar-refractivity contribution < 1.29 is 9.59 Å². The molecule has 0 saturated heterocycles. The maximum absolute atomic E-state index is 11.2. The van der Waals surface area contributed by atoms with Gasteiger partial charge in [-0.25, -0.2) is 0 Å². The summed E-state index contributed by atoms with van der Waals surface area (Å²) in [5, 5.41) is -1.35. The van der Waals surface area contributed by atoms with E-state index < -0.39 is 10.5 Å². The van der Waals surface area contributed by atoms with Gasteiger partial charge in [-0.2, -0.15) is 0 Å². The summed E-state index contributed by atoms with van der Waals surface area (Å²) in [5.41, 5.74) is 1.12. The van der Waals surface area contributed by atoms with E-state index in [1.165, 1.54) is 6.07 Å². The minimum absolute atomic E-state index is 0.116. The van der Waals surface area contributed by atoms with Gasteiger partial charge in [-0.05, 0) is 46.3 Å². The first kappa shape index (κ1) is 13.2. The normalized spacial score (nSPS) is 11.3. The van der Waals surface area contributed by atoms with Crippen LogP contribution in [-0.2, 0) is 5.41 Å². The van der Waals surface area contributed by atoms with Crippen molar-refractivity contribution in [1.29, 1.82) is 0 Å². The van der Waals surface area contributed by atoms with E-state index in [1.54, 1.807) is 12.1 Å². The second kappa shape index (κ2) is 4.56. The van der Waals surface area contributed by atoms with Gasteiger partial charge in [0.2, 0.25) is 0 Å². The standard InChI is InChI=1S/C12H12Cl2O2/c1-12(2,3)7-4-5-8(10(13)15)9(6-7)11(14)16/h4-6H,1-3H3. The third-order valence-electron chi connectivity index (χ3n) is 2.31. The zero-order chi connectivity index (χ0) is 12.5. The van der Waals surface area contributed by atoms with E-state index in [0.717, 1.165) is 5.56 Å². The largest absolute Gasteiger partial charge is 0.276 e. The van der Waals surface area contributed by atoms with Crippen molar-refractivity contribution in [2.45, 2.75) is 26.2 Å². The van der Waals surface area contributed by atoms with Crippen molar-refractivity contribution in [3.05, 3.63) is 34.9 Å². The van der Waals surface area contributed by atoms with E-state index in [0.29, 0.717) is 0 Å². The molecule has 0 saturated carbocycles. The van der Waals surface area contributed by atoms with E-state index in [1.807, 2.05) is 20.8 Å². The van der Waals surface area contributed by atoms with Gasteiger partial charge in [0.1, 0.15) is 0 Å². The van der Waals surface area contributed by atoms with Crippen molar-refractivity contribution >= 4 is 33.7 Å². The van der Waals surface area contributed by atoms with Crippen molar-refractivity contribution in [3.8, 4) is 0 Å². The summed E-state index contributed by atoms with van der Waals surface area (Å²) in [6.07, 6.45) is 0. The molecule has 86 valence electrons. The number of hydrogen-bond acceptors (Lipinski definition) is 2. The molecule has 1 aromatic carbocycles. The molecule has 0 aliphatic rings. The lowest BCUT2D eigenvalue weighted by molar-refractivity contribution is 0.105. The van der Waals surface area contributed by atoms with Crippen LogP contribution in [-0.4, -0.2) is 10.5 Å². The summed E-state index contributed by atoms with van der Waals surface area (Å²) in [5.74, 6) is 0. The van der Waals surface area contributed by atoms with Crippen LogP contribution in [0.15, 0.2) is 18.2 Å². The lowest BCUT2D eigenvalue weighted by Crippen LogP contribution is -2.13. The Labute approximate surface area is 105 Å². The zero-order valence-electron chi connectivity index (χ0n) is 9.30. The molecule has 0 atom stereocenters. The van der Waals surface area contributed by atoms with E-state index in [-0.39, 0.29) is 16.5 Å². The Bertz CT molecular complexity index is 445. The van der Waals surface area contributed by atoms with Gasteiger partial charge < -0.3 is 0 Å². The molecule has 0 aromatic heterocycles. The molecule has 0 N–H and O–H groups in total. The average Bonchev–Trinajstić information content (AvgIpc) is 2.15. The van der Waals surface area contributed by atoms with Crippen molar-refractivity contribution in [2.75, 3.05) is 0 Å². The number of carbonyl (C=O) groups is 2. The van der Waals surface area contributed by atoms with Crippen molar-refractivity contribution in [1.82, 2.24) is 0 Å². The summed E-state index contributed by atoms with van der Waals surface area (Å²) in [6.45, 7) is 6.02. The second-order valence-corrected chi connectivity index (χ2v) is 5.24. The fraction of sp³-hybridized carbons (Fsp3) is 0.333. The highest BCUT2D eigenvalue weighted by Gasteiger charge is 2.19. The fourth-order valence-electron chi connectivity index (χ4n) is 1.34. The Morgan fingerprint density at radius 1 is 1.00 bits per heavy atom. The minimum atomic E-state index is -0.676. The predicted octanol–water partition coefficient (Wildman–Crippen LogP) is 3.74. The second-order valence-electron chi connectivity index (χ2n) is 4.56. The minimum Gasteiger partial charge on any atom is -0.276 e. The number of benzene rings is 1. The molecule has 0 heterocycles. The van der Waals surface area contributed by atoms with E-state index in [2.05, 4.69) is 0 Å². The molecule has 0 radical (unpaired) electrons. The highest BCUT2D eigenvalue weighted by molar-refractivity contribution is 6.71. The van der Waals surface area contributed by atoms with E-state index >= 15 is 0 Å². The molecule has 0 fully saturated rings. The van der Waals surface area contributed by atoms with Gasteiger partial charge in [-0.15, -0.1) is 0 Å². The Morgan fingerprint density at radius 3 is 1.88 bits per heavy atom. The predicted molar refractivity (Wildman–Crippen MR) is 65.5 cm³/mol. The molecule has 0 bridgehead atoms. The van der Waals surface area contributed by atoms with Crippen molar-refractivity contribution in [2.24, 2.45) is 0 Å². The average molecular weight is 259 g/mol. The summed E-state index contributed by atoms with van der Waals surface area (Å²) in [6, 6.07) is 4.93. The van der Waals surface area contributed by atoms with Gasteiger partial charge in [0.15, 0.2) is 0 Å². The van der Waals surface area contributed by atoms with Gasteiger partial charge in [0, 0.05) is 11.1 Å². The molecule has 16 heavy (non-hydrogen) atoms. The molecule has 0 amide bonds.